The lowest BCUT2D eigenvalue weighted by atomic mass is 9.90. The number of fused-ring (bicyclic) bond motifs is 1. The zero-order valence-corrected chi connectivity index (χ0v) is 16.2. The Hall–Kier alpha value is -1.62. The predicted molar refractivity (Wildman–Crippen MR) is 101 cm³/mol. The van der Waals surface area contributed by atoms with Crippen molar-refractivity contribution in [2.24, 2.45) is 0 Å². The van der Waals surface area contributed by atoms with Crippen LogP contribution < -0.4 is 5.32 Å². The number of rotatable bonds is 6. The van der Waals surface area contributed by atoms with Gasteiger partial charge in [-0.05, 0) is 48.7 Å². The molecule has 0 saturated heterocycles. The van der Waals surface area contributed by atoms with E-state index in [4.69, 9.17) is 14.4 Å². The van der Waals surface area contributed by atoms with E-state index >= 15 is 0 Å². The van der Waals surface area contributed by atoms with Gasteiger partial charge < -0.3 is 19.4 Å². The summed E-state index contributed by atoms with van der Waals surface area (Å²) >= 11 is 3.60. The van der Waals surface area contributed by atoms with Crippen molar-refractivity contribution < 1.29 is 9.15 Å². The molecule has 1 N–H and O–H groups in total. The normalized spacial score (nSPS) is 20.8. The first-order valence-corrected chi connectivity index (χ1v) is 9.35. The van der Waals surface area contributed by atoms with Gasteiger partial charge in [0.1, 0.15) is 11.9 Å². The Balaban J connectivity index is 1.61. The molecule has 0 unspecified atom stereocenters. The van der Waals surface area contributed by atoms with Crippen molar-refractivity contribution in [2.75, 3.05) is 32.6 Å². The molecule has 3 rings (SSSR count). The summed E-state index contributed by atoms with van der Waals surface area (Å²) in [5.41, 5.74) is 0.623. The number of ether oxygens (including phenoxy) is 1. The van der Waals surface area contributed by atoms with Gasteiger partial charge in [0.15, 0.2) is 5.58 Å². The van der Waals surface area contributed by atoms with Crippen molar-refractivity contribution in [3.63, 3.8) is 0 Å². The van der Waals surface area contributed by atoms with Crippen LogP contribution in [0.1, 0.15) is 31.4 Å². The largest absolute Gasteiger partial charge is 0.444 e. The van der Waals surface area contributed by atoms with Crippen LogP contribution in [0.25, 0.3) is 11.0 Å². The summed E-state index contributed by atoms with van der Waals surface area (Å²) in [6, 6.07) is 4.81. The van der Waals surface area contributed by atoms with Gasteiger partial charge in [0, 0.05) is 37.2 Å². The summed E-state index contributed by atoms with van der Waals surface area (Å²) in [5.74, 6) is 1.11. The number of methoxy groups -OCH3 is 1. The number of aromatic nitrogens is 1. The van der Waals surface area contributed by atoms with E-state index in [9.17, 15) is 0 Å². The second-order valence-corrected chi connectivity index (χ2v) is 7.34. The Labute approximate surface area is 156 Å². The second kappa shape index (κ2) is 8.17. The molecule has 1 aliphatic carbocycles. The summed E-state index contributed by atoms with van der Waals surface area (Å²) in [6.07, 6.45) is 6.24. The standard InChI is InChI=1S/C18H23BrN4O2/c1-23(7-8-24-2)13-5-3-12(4-6-13)22-18-17(19)15-9-14(10-20)25-16(15)11-21-18/h9,11-13H,3-8H2,1-2H3,(H,21,22). The molecule has 0 aromatic carbocycles. The highest BCUT2D eigenvalue weighted by Crippen LogP contribution is 2.33. The Morgan fingerprint density at radius 2 is 2.20 bits per heavy atom. The zero-order chi connectivity index (χ0) is 17.8. The Morgan fingerprint density at radius 3 is 2.88 bits per heavy atom. The number of nitriles is 1. The lowest BCUT2D eigenvalue weighted by Crippen LogP contribution is -2.39. The Morgan fingerprint density at radius 1 is 1.44 bits per heavy atom. The SMILES string of the molecule is COCCN(C)C1CCC(Nc2ncc3oc(C#N)cc3c2Br)CC1. The molecule has 7 heteroatoms. The lowest BCUT2D eigenvalue weighted by molar-refractivity contribution is 0.121. The molecular formula is C18H23BrN4O2. The van der Waals surface area contributed by atoms with Gasteiger partial charge in [0.05, 0.1) is 17.3 Å². The quantitative estimate of drug-likeness (QED) is 0.786. The van der Waals surface area contributed by atoms with Crippen molar-refractivity contribution in [3.8, 4) is 6.07 Å². The number of hydrogen-bond acceptors (Lipinski definition) is 6. The van der Waals surface area contributed by atoms with Crippen LogP contribution >= 0.6 is 15.9 Å². The number of nitrogens with one attached hydrogen (secondary N) is 1. The summed E-state index contributed by atoms with van der Waals surface area (Å²) in [5, 5.41) is 13.4. The zero-order valence-electron chi connectivity index (χ0n) is 14.6. The number of furan rings is 1. The minimum absolute atomic E-state index is 0.300. The number of hydrogen-bond donors (Lipinski definition) is 1. The van der Waals surface area contributed by atoms with Crippen molar-refractivity contribution in [1.82, 2.24) is 9.88 Å². The monoisotopic (exact) mass is 406 g/mol. The van der Waals surface area contributed by atoms with Crippen molar-refractivity contribution in [2.45, 2.75) is 37.8 Å². The fourth-order valence-electron chi connectivity index (χ4n) is 3.41. The first-order valence-electron chi connectivity index (χ1n) is 8.56. The molecule has 0 aliphatic heterocycles. The van der Waals surface area contributed by atoms with Crippen LogP contribution in [0.2, 0.25) is 0 Å². The molecular weight excluding hydrogens is 384 g/mol. The highest BCUT2D eigenvalue weighted by molar-refractivity contribution is 9.10. The van der Waals surface area contributed by atoms with Crippen LogP contribution in [0, 0.1) is 11.3 Å². The van der Waals surface area contributed by atoms with Crippen molar-refractivity contribution >= 4 is 32.7 Å². The first-order chi connectivity index (χ1) is 12.1. The molecule has 0 atom stereocenters. The van der Waals surface area contributed by atoms with Crippen molar-refractivity contribution in [1.29, 1.82) is 5.26 Å². The van der Waals surface area contributed by atoms with Gasteiger partial charge in [-0.1, -0.05) is 0 Å². The first kappa shape index (κ1) is 18.2. The third-order valence-corrected chi connectivity index (χ3v) is 5.74. The maximum Gasteiger partial charge on any atom is 0.204 e. The molecule has 134 valence electrons. The maximum absolute atomic E-state index is 8.98. The van der Waals surface area contributed by atoms with Gasteiger partial charge in [-0.15, -0.1) is 0 Å². The molecule has 2 heterocycles. The smallest absolute Gasteiger partial charge is 0.204 e. The minimum atomic E-state index is 0.300. The van der Waals surface area contributed by atoms with E-state index in [-0.39, 0.29) is 0 Å². The van der Waals surface area contributed by atoms with Gasteiger partial charge in [0.2, 0.25) is 5.76 Å². The van der Waals surface area contributed by atoms with E-state index in [0.29, 0.717) is 23.4 Å². The summed E-state index contributed by atoms with van der Waals surface area (Å²) in [4.78, 5) is 6.85. The molecule has 2 aromatic heterocycles. The Bertz CT molecular complexity index is 762. The number of pyridine rings is 1. The average Bonchev–Trinajstić information content (AvgIpc) is 3.07. The fourth-order valence-corrected chi connectivity index (χ4v) is 3.93. The van der Waals surface area contributed by atoms with Gasteiger partial charge in [-0.2, -0.15) is 5.26 Å². The molecule has 25 heavy (non-hydrogen) atoms. The molecule has 0 radical (unpaired) electrons. The van der Waals surface area contributed by atoms with Crippen LogP contribution in [0.5, 0.6) is 0 Å². The Kier molecular flexibility index (Phi) is 5.94. The van der Waals surface area contributed by atoms with E-state index in [2.05, 4.69) is 38.2 Å². The molecule has 0 spiro atoms. The lowest BCUT2D eigenvalue weighted by Gasteiger charge is -2.35. The topological polar surface area (TPSA) is 74.3 Å². The number of halogens is 1. The molecule has 1 fully saturated rings. The van der Waals surface area contributed by atoms with Gasteiger partial charge in [-0.3, -0.25) is 0 Å². The van der Waals surface area contributed by atoms with E-state index < -0.39 is 0 Å². The molecule has 0 bridgehead atoms. The fraction of sp³-hybridized carbons (Fsp3) is 0.556. The minimum Gasteiger partial charge on any atom is -0.444 e. The third-order valence-electron chi connectivity index (χ3n) is 4.94. The van der Waals surface area contributed by atoms with E-state index in [1.54, 1.807) is 19.4 Å². The third kappa shape index (κ3) is 4.14. The molecule has 0 amide bonds. The molecule has 1 saturated carbocycles. The molecule has 6 nitrogen and oxygen atoms in total. The van der Waals surface area contributed by atoms with Crippen molar-refractivity contribution in [3.05, 3.63) is 22.5 Å². The summed E-state index contributed by atoms with van der Waals surface area (Å²) in [6.45, 7) is 1.76. The summed E-state index contributed by atoms with van der Waals surface area (Å²) in [7, 11) is 3.92. The predicted octanol–water partition coefficient (Wildman–Crippen LogP) is 3.76. The van der Waals surface area contributed by atoms with Gasteiger partial charge in [0.25, 0.3) is 0 Å². The molecule has 1 aliphatic rings. The van der Waals surface area contributed by atoms with Crippen LogP contribution in [0.15, 0.2) is 21.2 Å². The highest BCUT2D eigenvalue weighted by Gasteiger charge is 2.24. The average molecular weight is 407 g/mol. The number of nitrogens with zero attached hydrogens (tertiary/aromatic N) is 3. The van der Waals surface area contributed by atoms with Crippen LogP contribution in [-0.4, -0.2) is 49.3 Å². The van der Waals surface area contributed by atoms with Crippen LogP contribution in [0.3, 0.4) is 0 Å². The van der Waals surface area contributed by atoms with E-state index in [1.165, 1.54) is 12.8 Å². The van der Waals surface area contributed by atoms with Crippen LogP contribution in [0.4, 0.5) is 5.82 Å². The van der Waals surface area contributed by atoms with Gasteiger partial charge >= 0.3 is 0 Å². The number of likely N-dealkylation sites (N-methyl/N-ethyl adjacent to an activating group) is 1. The number of anilines is 1. The second-order valence-electron chi connectivity index (χ2n) is 6.54. The maximum atomic E-state index is 8.98. The highest BCUT2D eigenvalue weighted by atomic mass is 79.9. The van der Waals surface area contributed by atoms with Gasteiger partial charge in [-0.25, -0.2) is 4.98 Å². The van der Waals surface area contributed by atoms with Crippen LogP contribution in [-0.2, 0) is 4.74 Å². The molecule has 2 aromatic rings. The summed E-state index contributed by atoms with van der Waals surface area (Å²) < 4.78 is 11.4. The van der Waals surface area contributed by atoms with E-state index in [1.807, 2.05) is 6.07 Å². The van der Waals surface area contributed by atoms with E-state index in [0.717, 1.165) is 41.7 Å².